The zero-order valence-corrected chi connectivity index (χ0v) is 14.4. The second kappa shape index (κ2) is 8.80. The highest BCUT2D eigenvalue weighted by molar-refractivity contribution is 8.00. The first kappa shape index (κ1) is 17.7. The van der Waals surface area contributed by atoms with Crippen molar-refractivity contribution in [3.8, 4) is 0 Å². The molecule has 2 aromatic rings. The molecule has 4 heteroatoms. The average Bonchev–Trinajstić information content (AvgIpc) is 2.43. The van der Waals surface area contributed by atoms with Gasteiger partial charge in [-0.25, -0.2) is 4.42 Å². The topological polar surface area (TPSA) is 28.4 Å². The van der Waals surface area contributed by atoms with Crippen LogP contribution in [0.25, 0.3) is 6.08 Å². The first-order valence-corrected chi connectivity index (χ1v) is 7.42. The first-order chi connectivity index (χ1) is 9.63. The van der Waals surface area contributed by atoms with Crippen LogP contribution in [0.2, 0.25) is 0 Å². The molecular weight excluding hydrogens is 348 g/mol. The van der Waals surface area contributed by atoms with E-state index in [4.69, 9.17) is 4.42 Å². The Bertz CT molecular complexity index is 604. The molecule has 0 spiro atoms. The van der Waals surface area contributed by atoms with Crippen LogP contribution in [-0.4, -0.2) is 11.5 Å². The number of hydrogen-bond acceptors (Lipinski definition) is 2. The monoisotopic (exact) mass is 364 g/mol. The van der Waals surface area contributed by atoms with Gasteiger partial charge in [0.2, 0.25) is 0 Å². The average molecular weight is 365 g/mol. The summed E-state index contributed by atoms with van der Waals surface area (Å²) in [5.74, 6) is 2.26. The Morgan fingerprint density at radius 3 is 2.38 bits per heavy atom. The normalized spacial score (nSPS) is 10.4. The van der Waals surface area contributed by atoms with Gasteiger partial charge in [-0.3, -0.25) is 4.79 Å². The number of carbonyl (C=O) groups is 1. The van der Waals surface area contributed by atoms with Gasteiger partial charge in [0.1, 0.15) is 0 Å². The molecule has 0 fully saturated rings. The van der Waals surface area contributed by atoms with Crippen LogP contribution < -0.4 is 17.0 Å². The van der Waals surface area contributed by atoms with E-state index in [0.29, 0.717) is 5.75 Å². The molecule has 0 aliphatic carbocycles. The Balaban J connectivity index is 0.00000220. The number of thioether (sulfide) groups is 1. The van der Waals surface area contributed by atoms with Crippen molar-refractivity contribution in [3.63, 3.8) is 0 Å². The van der Waals surface area contributed by atoms with Crippen molar-refractivity contribution in [1.29, 1.82) is 0 Å². The van der Waals surface area contributed by atoms with Crippen LogP contribution in [-0.2, 0) is 4.79 Å². The minimum atomic E-state index is 0. The largest absolute Gasteiger partial charge is 1.00 e. The predicted octanol–water partition coefficient (Wildman–Crippen LogP) is 1.56. The summed E-state index contributed by atoms with van der Waals surface area (Å²) in [4.78, 5) is 12.9. The SMILES string of the molecule is Cc1cc(SCC(=O)/C=C/c2ccccc2)cc(C)[o+]1.[Br-]. The summed E-state index contributed by atoms with van der Waals surface area (Å²) in [5.41, 5.74) is 1.04. The van der Waals surface area contributed by atoms with E-state index in [1.165, 1.54) is 11.8 Å². The molecule has 0 saturated carbocycles. The molecule has 0 bridgehead atoms. The maximum atomic E-state index is 11.8. The third-order valence-electron chi connectivity index (χ3n) is 2.66. The van der Waals surface area contributed by atoms with Gasteiger partial charge in [-0.2, -0.15) is 0 Å². The number of rotatable bonds is 5. The van der Waals surface area contributed by atoms with Crippen molar-refractivity contribution < 1.29 is 26.2 Å². The van der Waals surface area contributed by atoms with Crippen molar-refractivity contribution >= 4 is 23.6 Å². The maximum Gasteiger partial charge on any atom is 0.327 e. The second-order valence-electron chi connectivity index (χ2n) is 4.51. The van der Waals surface area contributed by atoms with Crippen molar-refractivity contribution in [2.45, 2.75) is 18.7 Å². The van der Waals surface area contributed by atoms with Crippen LogP contribution in [0.15, 0.2) is 57.9 Å². The molecule has 2 nitrogen and oxygen atoms in total. The Labute approximate surface area is 140 Å². The first-order valence-electron chi connectivity index (χ1n) is 6.43. The Morgan fingerprint density at radius 2 is 1.76 bits per heavy atom. The summed E-state index contributed by atoms with van der Waals surface area (Å²) >= 11 is 1.53. The van der Waals surface area contributed by atoms with Gasteiger partial charge in [-0.05, 0) is 11.6 Å². The molecule has 2 rings (SSSR count). The van der Waals surface area contributed by atoms with E-state index < -0.39 is 0 Å². The summed E-state index contributed by atoms with van der Waals surface area (Å²) < 4.78 is 5.42. The van der Waals surface area contributed by atoms with Gasteiger partial charge in [0.15, 0.2) is 5.78 Å². The lowest BCUT2D eigenvalue weighted by Crippen LogP contribution is -3.00. The molecule has 0 unspecified atom stereocenters. The van der Waals surface area contributed by atoms with Gasteiger partial charge >= 0.3 is 11.5 Å². The summed E-state index contributed by atoms with van der Waals surface area (Å²) in [7, 11) is 0. The third kappa shape index (κ3) is 6.27. The highest BCUT2D eigenvalue weighted by Crippen LogP contribution is 2.21. The summed E-state index contributed by atoms with van der Waals surface area (Å²) in [6, 6.07) is 13.7. The van der Waals surface area contributed by atoms with Crippen molar-refractivity contribution in [1.82, 2.24) is 0 Å². The maximum absolute atomic E-state index is 11.8. The van der Waals surface area contributed by atoms with E-state index in [0.717, 1.165) is 22.0 Å². The smallest absolute Gasteiger partial charge is 0.327 e. The molecule has 0 amide bonds. The number of benzene rings is 1. The Kier molecular flexibility index (Phi) is 7.40. The summed E-state index contributed by atoms with van der Waals surface area (Å²) in [5, 5.41) is 0. The molecule has 1 aromatic carbocycles. The van der Waals surface area contributed by atoms with E-state index in [9.17, 15) is 4.79 Å². The summed E-state index contributed by atoms with van der Waals surface area (Å²) in [6.45, 7) is 3.82. The number of aryl methyl sites for hydroxylation is 2. The second-order valence-corrected chi connectivity index (χ2v) is 5.56. The van der Waals surface area contributed by atoms with E-state index >= 15 is 0 Å². The van der Waals surface area contributed by atoms with Gasteiger partial charge in [-0.1, -0.05) is 36.4 Å². The molecule has 0 radical (unpaired) electrons. The number of ketones is 1. The molecule has 1 aromatic heterocycles. The Morgan fingerprint density at radius 1 is 1.14 bits per heavy atom. The molecule has 1 heterocycles. The van der Waals surface area contributed by atoms with Gasteiger partial charge in [0.05, 0.1) is 31.7 Å². The fourth-order valence-corrected chi connectivity index (χ4v) is 2.70. The minimum Gasteiger partial charge on any atom is -1.00 e. The highest BCUT2D eigenvalue weighted by Gasteiger charge is 2.09. The van der Waals surface area contributed by atoms with Crippen molar-refractivity contribution in [3.05, 3.63) is 65.6 Å². The van der Waals surface area contributed by atoms with Crippen molar-refractivity contribution in [2.75, 3.05) is 5.75 Å². The molecule has 0 N–H and O–H groups in total. The zero-order valence-electron chi connectivity index (χ0n) is 12.0. The van der Waals surface area contributed by atoms with Crippen LogP contribution in [0.3, 0.4) is 0 Å². The van der Waals surface area contributed by atoms with Gasteiger partial charge in [0.25, 0.3) is 0 Å². The number of allylic oxidation sites excluding steroid dienone is 1. The minimum absolute atomic E-state index is 0. The lowest BCUT2D eigenvalue weighted by molar-refractivity contribution is -0.112. The van der Waals surface area contributed by atoms with Crippen LogP contribution in [0.5, 0.6) is 0 Å². The van der Waals surface area contributed by atoms with E-state index in [1.807, 2.05) is 62.4 Å². The zero-order chi connectivity index (χ0) is 14.4. The van der Waals surface area contributed by atoms with Crippen molar-refractivity contribution in [2.24, 2.45) is 0 Å². The van der Waals surface area contributed by atoms with E-state index in [1.54, 1.807) is 6.08 Å². The predicted molar refractivity (Wildman–Crippen MR) is 83.8 cm³/mol. The van der Waals surface area contributed by atoms with Gasteiger partial charge in [0, 0.05) is 4.90 Å². The third-order valence-corrected chi connectivity index (χ3v) is 3.65. The number of halogens is 1. The summed E-state index contributed by atoms with van der Waals surface area (Å²) in [6.07, 6.45) is 3.48. The van der Waals surface area contributed by atoms with E-state index in [-0.39, 0.29) is 22.8 Å². The van der Waals surface area contributed by atoms with E-state index in [2.05, 4.69) is 0 Å². The van der Waals surface area contributed by atoms with Gasteiger partial charge in [-0.15, -0.1) is 11.8 Å². The molecule has 110 valence electrons. The molecule has 0 aliphatic rings. The molecule has 21 heavy (non-hydrogen) atoms. The molecular formula is C17H17BrO2S. The van der Waals surface area contributed by atoms with Crippen LogP contribution in [0, 0.1) is 13.8 Å². The number of hydrogen-bond donors (Lipinski definition) is 0. The standard InChI is InChI=1S/C17H17O2S.BrH/c1-13-10-17(11-14(2)19-13)20-12-16(18)9-8-15-6-4-3-5-7-15;/h3-11H,12H2,1-2H3;1H/q+1;/p-1/b9-8+;. The number of carbonyl (C=O) groups excluding carboxylic acids is 1. The van der Waals surface area contributed by atoms with Crippen LogP contribution >= 0.6 is 11.8 Å². The Hall–Kier alpha value is -1.39. The fourth-order valence-electron chi connectivity index (χ4n) is 1.79. The lowest BCUT2D eigenvalue weighted by Gasteiger charge is -1.97. The molecule has 0 aliphatic heterocycles. The highest BCUT2D eigenvalue weighted by atomic mass is 79.9. The quantitative estimate of drug-likeness (QED) is 0.457. The van der Waals surface area contributed by atoms with Gasteiger partial charge < -0.3 is 17.0 Å². The van der Waals surface area contributed by atoms with Crippen LogP contribution in [0.4, 0.5) is 0 Å². The lowest BCUT2D eigenvalue weighted by atomic mass is 10.2. The van der Waals surface area contributed by atoms with Crippen LogP contribution in [0.1, 0.15) is 17.1 Å². The molecule has 0 atom stereocenters. The molecule has 0 saturated heterocycles. The fraction of sp³-hybridized carbons (Fsp3) is 0.176.